The molecule has 2 fully saturated rings. The third-order valence-electron chi connectivity index (χ3n) is 3.66. The molecular weight excluding hydrogens is 256 g/mol. The molecule has 0 unspecified atom stereocenters. The number of ether oxygens (including phenoxy) is 4. The van der Waals surface area contributed by atoms with Crippen LogP contribution in [0.3, 0.4) is 0 Å². The maximum atomic E-state index is 11.8. The van der Waals surface area contributed by atoms with Crippen molar-refractivity contribution < 1.29 is 33.3 Å². The number of rotatable bonds is 2. The first-order valence-electron chi connectivity index (χ1n) is 6.00. The first-order chi connectivity index (χ1) is 8.99. The van der Waals surface area contributed by atoms with Gasteiger partial charge in [0.1, 0.15) is 0 Å². The van der Waals surface area contributed by atoms with Crippen molar-refractivity contribution in [3.8, 4) is 0 Å². The van der Waals surface area contributed by atoms with Gasteiger partial charge >= 0.3 is 17.9 Å². The summed E-state index contributed by atoms with van der Waals surface area (Å²) in [6.07, 6.45) is -1.50. The minimum absolute atomic E-state index is 0.114. The minimum atomic E-state index is -0.899. The van der Waals surface area contributed by atoms with Gasteiger partial charge in [0.15, 0.2) is 0 Å². The highest BCUT2D eigenvalue weighted by Crippen LogP contribution is 2.43. The van der Waals surface area contributed by atoms with E-state index in [0.29, 0.717) is 0 Å². The third-order valence-corrected chi connectivity index (χ3v) is 3.66. The van der Waals surface area contributed by atoms with Crippen LogP contribution in [0.5, 0.6) is 0 Å². The van der Waals surface area contributed by atoms with E-state index in [9.17, 15) is 14.4 Å². The molecule has 2 saturated heterocycles. The van der Waals surface area contributed by atoms with Crippen molar-refractivity contribution in [1.82, 2.24) is 0 Å². The third kappa shape index (κ3) is 2.30. The molecular formula is C12H16O7. The van der Waals surface area contributed by atoms with Gasteiger partial charge in [-0.15, -0.1) is 0 Å². The van der Waals surface area contributed by atoms with Gasteiger partial charge in [-0.3, -0.25) is 14.4 Å². The Morgan fingerprint density at radius 2 is 1.84 bits per heavy atom. The SMILES string of the molecule is COC(=O)[C@@H]1[C@H]2[C@H](OC(=O)C[C@H]2C(=O)OC)O[C@H]1C. The first-order valence-corrected chi connectivity index (χ1v) is 6.00. The molecule has 0 radical (unpaired) electrons. The van der Waals surface area contributed by atoms with E-state index in [1.807, 2.05) is 0 Å². The van der Waals surface area contributed by atoms with Gasteiger partial charge in [0.2, 0.25) is 6.29 Å². The van der Waals surface area contributed by atoms with Crippen molar-refractivity contribution in [2.45, 2.75) is 25.7 Å². The van der Waals surface area contributed by atoms with Crippen LogP contribution < -0.4 is 0 Å². The number of methoxy groups -OCH3 is 2. The highest BCUT2D eigenvalue weighted by atomic mass is 16.7. The van der Waals surface area contributed by atoms with Gasteiger partial charge in [-0.1, -0.05) is 0 Å². The molecule has 106 valence electrons. The van der Waals surface area contributed by atoms with Crippen molar-refractivity contribution >= 4 is 17.9 Å². The van der Waals surface area contributed by atoms with Crippen LogP contribution in [-0.2, 0) is 33.3 Å². The maximum Gasteiger partial charge on any atom is 0.311 e. The molecule has 2 rings (SSSR count). The molecule has 0 aliphatic carbocycles. The number of hydrogen-bond donors (Lipinski definition) is 0. The molecule has 0 aromatic carbocycles. The summed E-state index contributed by atoms with van der Waals surface area (Å²) in [5, 5.41) is 0. The topological polar surface area (TPSA) is 88.1 Å². The van der Waals surface area contributed by atoms with Crippen LogP contribution in [0.1, 0.15) is 13.3 Å². The normalized spacial score (nSPS) is 37.2. The molecule has 0 aromatic heterocycles. The average Bonchev–Trinajstić information content (AvgIpc) is 2.71. The maximum absolute atomic E-state index is 11.8. The van der Waals surface area contributed by atoms with E-state index < -0.39 is 48.1 Å². The molecule has 0 aromatic rings. The second-order valence-electron chi connectivity index (χ2n) is 4.66. The summed E-state index contributed by atoms with van der Waals surface area (Å²) in [4.78, 5) is 35.1. The van der Waals surface area contributed by atoms with Crippen LogP contribution in [0.15, 0.2) is 0 Å². The Morgan fingerprint density at radius 1 is 1.21 bits per heavy atom. The lowest BCUT2D eigenvalue weighted by Crippen LogP contribution is -2.44. The minimum Gasteiger partial charge on any atom is -0.469 e. The zero-order chi connectivity index (χ0) is 14.2. The van der Waals surface area contributed by atoms with Crippen LogP contribution in [0.2, 0.25) is 0 Å². The lowest BCUT2D eigenvalue weighted by atomic mass is 9.77. The second kappa shape index (κ2) is 5.16. The zero-order valence-electron chi connectivity index (χ0n) is 11.0. The lowest BCUT2D eigenvalue weighted by molar-refractivity contribution is -0.201. The Bertz CT molecular complexity index is 405. The lowest BCUT2D eigenvalue weighted by Gasteiger charge is -2.31. The number of hydrogen-bond acceptors (Lipinski definition) is 7. The molecule has 7 nitrogen and oxygen atoms in total. The Kier molecular flexibility index (Phi) is 3.75. The van der Waals surface area contributed by atoms with E-state index >= 15 is 0 Å². The van der Waals surface area contributed by atoms with E-state index in [2.05, 4.69) is 4.74 Å². The summed E-state index contributed by atoms with van der Waals surface area (Å²) in [7, 11) is 2.51. The van der Waals surface area contributed by atoms with Gasteiger partial charge in [-0.05, 0) is 6.92 Å². The molecule has 0 saturated carbocycles. The van der Waals surface area contributed by atoms with Crippen LogP contribution >= 0.6 is 0 Å². The molecule has 0 bridgehead atoms. The fraction of sp³-hybridized carbons (Fsp3) is 0.750. The molecule has 0 N–H and O–H groups in total. The van der Waals surface area contributed by atoms with Gasteiger partial charge in [-0.2, -0.15) is 0 Å². The van der Waals surface area contributed by atoms with Crippen molar-refractivity contribution in [3.05, 3.63) is 0 Å². The molecule has 7 heteroatoms. The van der Waals surface area contributed by atoms with Crippen LogP contribution in [0.4, 0.5) is 0 Å². The highest BCUT2D eigenvalue weighted by Gasteiger charge is 2.57. The first kappa shape index (κ1) is 13.8. The molecule has 2 aliphatic rings. The Labute approximate surface area is 110 Å². The Balaban J connectivity index is 2.31. The predicted octanol–water partition coefficient (Wildman–Crippen LogP) is -0.127. The van der Waals surface area contributed by atoms with Crippen molar-refractivity contribution in [2.24, 2.45) is 17.8 Å². The quantitative estimate of drug-likeness (QED) is 0.511. The fourth-order valence-corrected chi connectivity index (χ4v) is 2.79. The summed E-state index contributed by atoms with van der Waals surface area (Å²) >= 11 is 0. The number of fused-ring (bicyclic) bond motifs is 1. The van der Waals surface area contributed by atoms with E-state index in [-0.39, 0.29) is 6.42 Å². The summed E-state index contributed by atoms with van der Waals surface area (Å²) in [6, 6.07) is 0. The summed E-state index contributed by atoms with van der Waals surface area (Å²) in [5.74, 6) is -3.51. The highest BCUT2D eigenvalue weighted by molar-refractivity contribution is 5.83. The molecule has 2 aliphatic heterocycles. The van der Waals surface area contributed by atoms with Gasteiger partial charge in [0.05, 0.1) is 44.5 Å². The predicted molar refractivity (Wildman–Crippen MR) is 59.5 cm³/mol. The molecule has 0 spiro atoms. The van der Waals surface area contributed by atoms with Crippen molar-refractivity contribution in [2.75, 3.05) is 14.2 Å². The van der Waals surface area contributed by atoms with Gasteiger partial charge in [-0.25, -0.2) is 0 Å². The molecule has 0 amide bonds. The Morgan fingerprint density at radius 3 is 2.42 bits per heavy atom. The summed E-state index contributed by atoms with van der Waals surface area (Å²) in [5.41, 5.74) is 0. The Hall–Kier alpha value is -1.63. The van der Waals surface area contributed by atoms with E-state index in [1.165, 1.54) is 14.2 Å². The number of carbonyl (C=O) groups excluding carboxylic acids is 3. The fourth-order valence-electron chi connectivity index (χ4n) is 2.79. The van der Waals surface area contributed by atoms with Crippen LogP contribution in [0, 0.1) is 17.8 Å². The average molecular weight is 272 g/mol. The smallest absolute Gasteiger partial charge is 0.311 e. The summed E-state index contributed by atoms with van der Waals surface area (Å²) < 4.78 is 19.9. The largest absolute Gasteiger partial charge is 0.469 e. The molecule has 5 atom stereocenters. The number of esters is 3. The van der Waals surface area contributed by atoms with Crippen LogP contribution in [-0.4, -0.2) is 44.5 Å². The van der Waals surface area contributed by atoms with Gasteiger partial charge in [0.25, 0.3) is 0 Å². The second-order valence-corrected chi connectivity index (χ2v) is 4.66. The zero-order valence-corrected chi connectivity index (χ0v) is 11.0. The van der Waals surface area contributed by atoms with Crippen molar-refractivity contribution in [3.63, 3.8) is 0 Å². The van der Waals surface area contributed by atoms with Gasteiger partial charge < -0.3 is 18.9 Å². The van der Waals surface area contributed by atoms with E-state index in [0.717, 1.165) is 0 Å². The van der Waals surface area contributed by atoms with Crippen LogP contribution in [0.25, 0.3) is 0 Å². The van der Waals surface area contributed by atoms with Gasteiger partial charge in [0, 0.05) is 0 Å². The van der Waals surface area contributed by atoms with Crippen molar-refractivity contribution in [1.29, 1.82) is 0 Å². The van der Waals surface area contributed by atoms with E-state index in [1.54, 1.807) is 6.92 Å². The summed E-state index contributed by atoms with van der Waals surface area (Å²) in [6.45, 7) is 1.68. The standard InChI is InChI=1S/C12H16O7/c1-5-8(11(15)17-3)9-6(10(14)16-2)4-7(13)19-12(9)18-5/h5-6,8-9,12H,4H2,1-3H3/t5-,6+,8-,9-,12-/m0/s1. The molecule has 19 heavy (non-hydrogen) atoms. The van der Waals surface area contributed by atoms with E-state index in [4.69, 9.17) is 14.2 Å². The number of carbonyl (C=O) groups is 3. The molecule has 2 heterocycles. The monoisotopic (exact) mass is 272 g/mol.